The smallest absolute Gasteiger partial charge is 0.335 e. The van der Waals surface area contributed by atoms with Gasteiger partial charge in [-0.25, -0.2) is 4.79 Å². The van der Waals surface area contributed by atoms with E-state index in [-0.39, 0.29) is 23.9 Å². The maximum absolute atomic E-state index is 11.6. The number of hydrogen-bond donors (Lipinski definition) is 2. The third-order valence-corrected chi connectivity index (χ3v) is 4.19. The van der Waals surface area contributed by atoms with Crippen molar-refractivity contribution < 1.29 is 14.7 Å². The maximum Gasteiger partial charge on any atom is 0.335 e. The Balaban J connectivity index is 1.99. The largest absolute Gasteiger partial charge is 0.478 e. The highest BCUT2D eigenvalue weighted by atomic mass is 16.4. The first-order chi connectivity index (χ1) is 12.5. The van der Waals surface area contributed by atoms with Gasteiger partial charge in [-0.05, 0) is 47.6 Å². The minimum absolute atomic E-state index is 0.0446. The van der Waals surface area contributed by atoms with Crippen molar-refractivity contribution >= 4 is 11.9 Å². The predicted molar refractivity (Wildman–Crippen MR) is 99.6 cm³/mol. The Kier molecular flexibility index (Phi) is 6.92. The van der Waals surface area contributed by atoms with Crippen LogP contribution in [0.3, 0.4) is 0 Å². The summed E-state index contributed by atoms with van der Waals surface area (Å²) in [4.78, 5) is 22.8. The standard InChI is InChI=1S/C21H22N2O3/c1-15(12-20(24)23-11-10-22)8-9-16-4-2-5-17(13-16)18-6-3-7-19(14-18)21(25)26/h2-7,13-15H,8-9,11-12H2,1H3,(H,23,24)(H,25,26). The van der Waals surface area contributed by atoms with Crippen LogP contribution in [-0.4, -0.2) is 23.5 Å². The van der Waals surface area contributed by atoms with Gasteiger partial charge in [-0.3, -0.25) is 4.79 Å². The maximum atomic E-state index is 11.6. The molecule has 0 fully saturated rings. The van der Waals surface area contributed by atoms with Crippen LogP contribution < -0.4 is 5.32 Å². The van der Waals surface area contributed by atoms with Gasteiger partial charge in [0.2, 0.25) is 5.91 Å². The lowest BCUT2D eigenvalue weighted by molar-refractivity contribution is -0.121. The number of aromatic carboxylic acids is 1. The number of rotatable bonds is 8. The van der Waals surface area contributed by atoms with E-state index in [9.17, 15) is 9.59 Å². The number of nitriles is 1. The molecule has 1 amide bonds. The van der Waals surface area contributed by atoms with Gasteiger partial charge in [0.05, 0.1) is 11.6 Å². The monoisotopic (exact) mass is 350 g/mol. The summed E-state index contributed by atoms with van der Waals surface area (Å²) < 4.78 is 0. The van der Waals surface area contributed by atoms with Crippen LogP contribution in [0.25, 0.3) is 11.1 Å². The molecule has 5 heteroatoms. The van der Waals surface area contributed by atoms with E-state index in [2.05, 4.69) is 11.4 Å². The zero-order valence-electron chi connectivity index (χ0n) is 14.7. The highest BCUT2D eigenvalue weighted by molar-refractivity contribution is 5.89. The topological polar surface area (TPSA) is 90.2 Å². The normalized spacial score (nSPS) is 11.4. The van der Waals surface area contributed by atoms with Crippen molar-refractivity contribution in [2.75, 3.05) is 6.54 Å². The molecule has 0 bridgehead atoms. The molecule has 2 N–H and O–H groups in total. The van der Waals surface area contributed by atoms with Crippen LogP contribution in [0.2, 0.25) is 0 Å². The van der Waals surface area contributed by atoms with E-state index in [1.165, 1.54) is 0 Å². The van der Waals surface area contributed by atoms with E-state index in [1.54, 1.807) is 18.2 Å². The number of carboxylic acid groups (broad SMARTS) is 1. The second-order valence-electron chi connectivity index (χ2n) is 6.37. The molecule has 1 unspecified atom stereocenters. The zero-order chi connectivity index (χ0) is 18.9. The molecular formula is C21H22N2O3. The van der Waals surface area contributed by atoms with Crippen molar-refractivity contribution in [1.82, 2.24) is 5.32 Å². The molecule has 134 valence electrons. The molecule has 2 aromatic carbocycles. The molecule has 0 aliphatic rings. The lowest BCUT2D eigenvalue weighted by atomic mass is 9.95. The molecule has 0 aromatic heterocycles. The number of amides is 1. The summed E-state index contributed by atoms with van der Waals surface area (Å²) >= 11 is 0. The molecule has 26 heavy (non-hydrogen) atoms. The molecule has 0 saturated carbocycles. The molecule has 0 aliphatic carbocycles. The quantitative estimate of drug-likeness (QED) is 0.711. The van der Waals surface area contributed by atoms with Crippen LogP contribution in [0.5, 0.6) is 0 Å². The van der Waals surface area contributed by atoms with Crippen molar-refractivity contribution in [2.24, 2.45) is 5.92 Å². The van der Waals surface area contributed by atoms with Gasteiger partial charge in [0.15, 0.2) is 0 Å². The van der Waals surface area contributed by atoms with Crippen LogP contribution >= 0.6 is 0 Å². The van der Waals surface area contributed by atoms with Crippen molar-refractivity contribution in [3.8, 4) is 17.2 Å². The van der Waals surface area contributed by atoms with E-state index in [0.29, 0.717) is 6.42 Å². The highest BCUT2D eigenvalue weighted by Gasteiger charge is 2.10. The van der Waals surface area contributed by atoms with Gasteiger partial charge >= 0.3 is 5.97 Å². The SMILES string of the molecule is CC(CCc1cccc(-c2cccc(C(=O)O)c2)c1)CC(=O)NCC#N. The van der Waals surface area contributed by atoms with Gasteiger partial charge in [0.1, 0.15) is 6.54 Å². The van der Waals surface area contributed by atoms with Crippen molar-refractivity contribution in [2.45, 2.75) is 26.2 Å². The molecule has 2 rings (SSSR count). The fourth-order valence-corrected chi connectivity index (χ4v) is 2.78. The van der Waals surface area contributed by atoms with E-state index in [1.807, 2.05) is 37.3 Å². The van der Waals surface area contributed by atoms with Gasteiger partial charge in [0.25, 0.3) is 0 Å². The van der Waals surface area contributed by atoms with Gasteiger partial charge in [-0.15, -0.1) is 0 Å². The van der Waals surface area contributed by atoms with Crippen molar-refractivity contribution in [3.63, 3.8) is 0 Å². The Morgan fingerprint density at radius 1 is 1.15 bits per heavy atom. The molecule has 0 heterocycles. The first-order valence-electron chi connectivity index (χ1n) is 8.56. The fourth-order valence-electron chi connectivity index (χ4n) is 2.78. The second-order valence-corrected chi connectivity index (χ2v) is 6.37. The summed E-state index contributed by atoms with van der Waals surface area (Å²) in [7, 11) is 0. The van der Waals surface area contributed by atoms with E-state index < -0.39 is 5.97 Å². The van der Waals surface area contributed by atoms with Crippen LogP contribution in [-0.2, 0) is 11.2 Å². The first kappa shape index (κ1) is 19.2. The Morgan fingerprint density at radius 3 is 2.54 bits per heavy atom. The van der Waals surface area contributed by atoms with Crippen LogP contribution in [0.15, 0.2) is 48.5 Å². The van der Waals surface area contributed by atoms with Gasteiger partial charge in [0, 0.05) is 6.42 Å². The third kappa shape index (κ3) is 5.75. The lowest BCUT2D eigenvalue weighted by Gasteiger charge is -2.11. The van der Waals surface area contributed by atoms with Gasteiger partial charge < -0.3 is 10.4 Å². The van der Waals surface area contributed by atoms with Gasteiger partial charge in [-0.2, -0.15) is 5.26 Å². The molecule has 0 saturated heterocycles. The van der Waals surface area contributed by atoms with E-state index >= 15 is 0 Å². The molecule has 1 atom stereocenters. The minimum atomic E-state index is -0.938. The van der Waals surface area contributed by atoms with Crippen LogP contribution in [0.4, 0.5) is 0 Å². The molecule has 0 spiro atoms. The van der Waals surface area contributed by atoms with Crippen LogP contribution in [0.1, 0.15) is 35.7 Å². The number of nitrogens with one attached hydrogen (secondary N) is 1. The summed E-state index contributed by atoms with van der Waals surface area (Å²) in [5, 5.41) is 20.2. The highest BCUT2D eigenvalue weighted by Crippen LogP contribution is 2.23. The summed E-state index contributed by atoms with van der Waals surface area (Å²) in [6.07, 6.45) is 2.10. The molecular weight excluding hydrogens is 328 g/mol. The molecule has 0 aliphatic heterocycles. The summed E-state index contributed by atoms with van der Waals surface area (Å²) in [5.74, 6) is -0.822. The number of carboxylic acids is 1. The number of carbonyl (C=O) groups excluding carboxylic acids is 1. The minimum Gasteiger partial charge on any atom is -0.478 e. The molecule has 0 radical (unpaired) electrons. The van der Waals surface area contributed by atoms with E-state index in [0.717, 1.165) is 29.5 Å². The van der Waals surface area contributed by atoms with Crippen molar-refractivity contribution in [1.29, 1.82) is 5.26 Å². The Bertz CT molecular complexity index is 824. The second kappa shape index (κ2) is 9.38. The van der Waals surface area contributed by atoms with Crippen LogP contribution in [0, 0.1) is 17.2 Å². The number of carbonyl (C=O) groups is 2. The number of nitrogens with zero attached hydrogens (tertiary/aromatic N) is 1. The van der Waals surface area contributed by atoms with Gasteiger partial charge in [-0.1, -0.05) is 43.3 Å². The Hall–Kier alpha value is -3.13. The zero-order valence-corrected chi connectivity index (χ0v) is 14.7. The predicted octanol–water partition coefficient (Wildman–Crippen LogP) is 3.65. The summed E-state index contributed by atoms with van der Waals surface area (Å²) in [6.45, 7) is 2.06. The number of hydrogen-bond acceptors (Lipinski definition) is 3. The first-order valence-corrected chi connectivity index (χ1v) is 8.56. The average Bonchev–Trinajstić information content (AvgIpc) is 2.65. The van der Waals surface area contributed by atoms with E-state index in [4.69, 9.17) is 10.4 Å². The average molecular weight is 350 g/mol. The molecule has 2 aromatic rings. The lowest BCUT2D eigenvalue weighted by Crippen LogP contribution is -2.25. The number of benzene rings is 2. The fraction of sp³-hybridized carbons (Fsp3) is 0.286. The number of aryl methyl sites for hydroxylation is 1. The van der Waals surface area contributed by atoms with Crippen molar-refractivity contribution in [3.05, 3.63) is 59.7 Å². The summed E-state index contributed by atoms with van der Waals surface area (Å²) in [5.41, 5.74) is 3.26. The molecule has 5 nitrogen and oxygen atoms in total. The third-order valence-electron chi connectivity index (χ3n) is 4.19. The summed E-state index contributed by atoms with van der Waals surface area (Å²) in [6, 6.07) is 16.8. The Morgan fingerprint density at radius 2 is 1.85 bits per heavy atom. The Labute approximate surface area is 153 Å².